The van der Waals surface area contributed by atoms with Crippen molar-refractivity contribution in [2.24, 2.45) is 0 Å². The number of rotatable bonds is 4. The molecule has 4 rings (SSSR count). The lowest BCUT2D eigenvalue weighted by atomic mass is 9.98. The third-order valence-corrected chi connectivity index (χ3v) is 5.05. The Morgan fingerprint density at radius 2 is 2.04 bits per heavy atom. The number of nitrogens with zero attached hydrogens (tertiary/aromatic N) is 1. The van der Waals surface area contributed by atoms with Crippen LogP contribution in [0.4, 0.5) is 0 Å². The molecular formula is C21H18ClNO5. The smallest absolute Gasteiger partial charge is 0.306 e. The van der Waals surface area contributed by atoms with Crippen molar-refractivity contribution in [3.05, 3.63) is 76.6 Å². The van der Waals surface area contributed by atoms with E-state index in [-0.39, 0.29) is 17.9 Å². The van der Waals surface area contributed by atoms with Gasteiger partial charge in [-0.1, -0.05) is 23.7 Å². The second-order valence-corrected chi connectivity index (χ2v) is 6.94. The van der Waals surface area contributed by atoms with Gasteiger partial charge in [-0.3, -0.25) is 4.79 Å². The molecule has 0 saturated heterocycles. The molecule has 0 spiro atoms. The molecule has 6 nitrogen and oxygen atoms in total. The summed E-state index contributed by atoms with van der Waals surface area (Å²) in [7, 11) is 1.46. The Labute approximate surface area is 166 Å². The zero-order chi connectivity index (χ0) is 19.8. The summed E-state index contributed by atoms with van der Waals surface area (Å²) < 4.78 is 13.6. The number of aromatic nitrogens is 1. The van der Waals surface area contributed by atoms with E-state index in [9.17, 15) is 15.0 Å². The van der Waals surface area contributed by atoms with Gasteiger partial charge in [0.1, 0.15) is 12.2 Å². The van der Waals surface area contributed by atoms with Crippen LogP contribution in [0.15, 0.2) is 54.7 Å². The number of fused-ring (bicyclic) bond motifs is 3. The van der Waals surface area contributed by atoms with E-state index in [1.54, 1.807) is 24.3 Å². The van der Waals surface area contributed by atoms with Crippen molar-refractivity contribution >= 4 is 17.6 Å². The number of aliphatic carboxylic acids is 1. The Bertz CT molecular complexity index is 1050. The molecule has 2 unspecified atom stereocenters. The molecule has 0 saturated carbocycles. The predicted molar refractivity (Wildman–Crippen MR) is 103 cm³/mol. The molecule has 28 heavy (non-hydrogen) atoms. The predicted octanol–water partition coefficient (Wildman–Crippen LogP) is 4.48. The Morgan fingerprint density at radius 3 is 2.79 bits per heavy atom. The van der Waals surface area contributed by atoms with Crippen molar-refractivity contribution in [3.63, 3.8) is 0 Å². The highest BCUT2D eigenvalue weighted by Crippen LogP contribution is 2.46. The molecule has 1 aliphatic heterocycles. The van der Waals surface area contributed by atoms with E-state index in [2.05, 4.69) is 0 Å². The van der Waals surface area contributed by atoms with Crippen molar-refractivity contribution in [1.29, 1.82) is 0 Å². The number of carbonyl (C=O) groups is 1. The molecule has 7 heteroatoms. The van der Waals surface area contributed by atoms with Crippen LogP contribution in [0.3, 0.4) is 0 Å². The third-order valence-electron chi connectivity index (χ3n) is 4.81. The number of hydrogen-bond donors (Lipinski definition) is 2. The van der Waals surface area contributed by atoms with Crippen molar-refractivity contribution in [1.82, 2.24) is 4.57 Å². The monoisotopic (exact) mass is 399 g/mol. The topological polar surface area (TPSA) is 80.9 Å². The lowest BCUT2D eigenvalue weighted by Crippen LogP contribution is -2.14. The molecule has 1 aliphatic rings. The molecule has 0 amide bonds. The number of methoxy groups -OCH3 is 1. The molecular weight excluding hydrogens is 382 g/mol. The molecule has 2 heterocycles. The summed E-state index contributed by atoms with van der Waals surface area (Å²) in [4.78, 5) is 11.5. The van der Waals surface area contributed by atoms with Gasteiger partial charge < -0.3 is 24.3 Å². The van der Waals surface area contributed by atoms with E-state index in [0.717, 1.165) is 16.9 Å². The van der Waals surface area contributed by atoms with Gasteiger partial charge in [-0.05, 0) is 36.4 Å². The Kier molecular flexibility index (Phi) is 4.75. The van der Waals surface area contributed by atoms with Gasteiger partial charge in [0.2, 0.25) is 0 Å². The zero-order valence-corrected chi connectivity index (χ0v) is 15.8. The van der Waals surface area contributed by atoms with Crippen molar-refractivity contribution in [3.8, 4) is 17.2 Å². The van der Waals surface area contributed by atoms with Gasteiger partial charge in [-0.2, -0.15) is 0 Å². The van der Waals surface area contributed by atoms with Crippen LogP contribution in [0.25, 0.3) is 5.69 Å². The van der Waals surface area contributed by atoms with Crippen LogP contribution in [-0.4, -0.2) is 27.9 Å². The standard InChI is InChI=1S/C21H18ClNO5/c1-27-21-13(4-2-6-17(21)24)20-14-10-12(22)7-8-15(14)23-9-3-5-16(23)18(28-20)11-19(25)26/h2-10,18,20,24H,11H2,1H3,(H,25,26). The van der Waals surface area contributed by atoms with Gasteiger partial charge in [0.05, 0.1) is 24.9 Å². The SMILES string of the molecule is COc1c(O)cccc1C1OC(CC(=O)O)c2cccn2-c2ccc(Cl)cc21. The molecule has 2 atom stereocenters. The molecule has 144 valence electrons. The lowest BCUT2D eigenvalue weighted by Gasteiger charge is -2.24. The fraction of sp³-hybridized carbons (Fsp3) is 0.190. The summed E-state index contributed by atoms with van der Waals surface area (Å²) in [5, 5.41) is 20.2. The lowest BCUT2D eigenvalue weighted by molar-refractivity contribution is -0.141. The van der Waals surface area contributed by atoms with Crippen LogP contribution in [0.1, 0.15) is 35.4 Å². The Morgan fingerprint density at radius 1 is 1.21 bits per heavy atom. The van der Waals surface area contributed by atoms with Gasteiger partial charge in [-0.15, -0.1) is 0 Å². The molecule has 2 N–H and O–H groups in total. The molecule has 0 aliphatic carbocycles. The number of halogens is 1. The van der Waals surface area contributed by atoms with Crippen LogP contribution in [0.5, 0.6) is 11.5 Å². The molecule has 1 aromatic heterocycles. The van der Waals surface area contributed by atoms with Crippen LogP contribution in [-0.2, 0) is 9.53 Å². The van der Waals surface area contributed by atoms with Gasteiger partial charge in [0.15, 0.2) is 11.5 Å². The fourth-order valence-electron chi connectivity index (χ4n) is 3.66. The quantitative estimate of drug-likeness (QED) is 0.676. The van der Waals surface area contributed by atoms with Crippen LogP contribution in [0, 0.1) is 0 Å². The summed E-state index contributed by atoms with van der Waals surface area (Å²) in [6, 6.07) is 14.1. The van der Waals surface area contributed by atoms with Gasteiger partial charge in [-0.25, -0.2) is 0 Å². The number of phenols is 1. The average molecular weight is 400 g/mol. The number of carboxylic acids is 1. The summed E-state index contributed by atoms with van der Waals surface area (Å²) >= 11 is 6.27. The minimum atomic E-state index is -0.969. The molecule has 2 aromatic carbocycles. The van der Waals surface area contributed by atoms with Gasteiger partial charge >= 0.3 is 5.97 Å². The maximum Gasteiger partial charge on any atom is 0.306 e. The number of aromatic hydroxyl groups is 1. The zero-order valence-electron chi connectivity index (χ0n) is 15.0. The summed E-state index contributed by atoms with van der Waals surface area (Å²) in [6.07, 6.45) is 0.280. The van der Waals surface area contributed by atoms with Gasteiger partial charge in [0, 0.05) is 22.3 Å². The fourth-order valence-corrected chi connectivity index (χ4v) is 3.84. The van der Waals surface area contributed by atoms with Crippen molar-refractivity contribution in [2.45, 2.75) is 18.6 Å². The van der Waals surface area contributed by atoms with E-state index in [1.807, 2.05) is 29.0 Å². The molecule has 0 radical (unpaired) electrons. The number of para-hydroxylation sites is 1. The first kappa shape index (κ1) is 18.4. The first-order valence-electron chi connectivity index (χ1n) is 8.69. The second-order valence-electron chi connectivity index (χ2n) is 6.51. The molecule has 0 fully saturated rings. The normalized spacial score (nSPS) is 18.1. The van der Waals surface area contributed by atoms with E-state index < -0.39 is 18.2 Å². The number of phenolic OH excluding ortho intramolecular Hbond substituents is 1. The highest BCUT2D eigenvalue weighted by atomic mass is 35.5. The van der Waals surface area contributed by atoms with Crippen LogP contribution >= 0.6 is 11.6 Å². The maximum absolute atomic E-state index is 11.5. The van der Waals surface area contributed by atoms with Crippen LogP contribution < -0.4 is 4.74 Å². The summed E-state index contributed by atoms with van der Waals surface area (Å²) in [5.74, 6) is -0.715. The first-order chi connectivity index (χ1) is 13.5. The molecule has 0 bridgehead atoms. The average Bonchev–Trinajstić information content (AvgIpc) is 3.10. The molecule has 3 aromatic rings. The first-order valence-corrected chi connectivity index (χ1v) is 9.07. The third kappa shape index (κ3) is 3.10. The number of hydrogen-bond acceptors (Lipinski definition) is 4. The van der Waals surface area contributed by atoms with Crippen LogP contribution in [0.2, 0.25) is 5.02 Å². The number of carboxylic acid groups (broad SMARTS) is 1. The number of ether oxygens (including phenoxy) is 2. The van der Waals surface area contributed by atoms with Crippen molar-refractivity contribution in [2.75, 3.05) is 7.11 Å². The highest BCUT2D eigenvalue weighted by Gasteiger charge is 2.33. The summed E-state index contributed by atoms with van der Waals surface area (Å²) in [6.45, 7) is 0. The Balaban J connectivity index is 1.96. The number of benzene rings is 2. The van der Waals surface area contributed by atoms with Gasteiger partial charge in [0.25, 0.3) is 0 Å². The van der Waals surface area contributed by atoms with Crippen molar-refractivity contribution < 1.29 is 24.5 Å². The van der Waals surface area contributed by atoms with E-state index in [1.165, 1.54) is 13.2 Å². The largest absolute Gasteiger partial charge is 0.504 e. The minimum absolute atomic E-state index is 0.0224. The second kappa shape index (κ2) is 7.22. The van der Waals surface area contributed by atoms with E-state index >= 15 is 0 Å². The maximum atomic E-state index is 11.5. The van der Waals surface area contributed by atoms with E-state index in [4.69, 9.17) is 21.1 Å². The van der Waals surface area contributed by atoms with E-state index in [0.29, 0.717) is 10.6 Å². The Hall–Kier alpha value is -2.96. The highest BCUT2D eigenvalue weighted by molar-refractivity contribution is 6.30. The minimum Gasteiger partial charge on any atom is -0.504 e. The summed E-state index contributed by atoms with van der Waals surface area (Å²) in [5.41, 5.74) is 2.90.